The van der Waals surface area contributed by atoms with Crippen molar-refractivity contribution in [2.75, 3.05) is 59.4 Å². The van der Waals surface area contributed by atoms with Crippen LogP contribution in [0.2, 0.25) is 0 Å². The van der Waals surface area contributed by atoms with Gasteiger partial charge in [0.25, 0.3) is 0 Å². The second kappa shape index (κ2) is 27.0. The number of nitrogens with one attached hydrogen (secondary N) is 2. The standard InChI is InChI=1S/C31H58N2O8/c1-6-15-38-19-20-39-16-8-10-27(34)13-18-41-22-21-40-17-9-12-29(35)28(33-31(37)24-26(4)5)11-7-14-32-30(36)23-25(2)3/h25-26,28H,6-24H2,1-5H3,(H,32,36)(H,33,37). The molecular weight excluding hydrogens is 528 g/mol. The van der Waals surface area contributed by atoms with Crippen LogP contribution in [0.15, 0.2) is 0 Å². The van der Waals surface area contributed by atoms with Crippen LogP contribution in [0.3, 0.4) is 0 Å². The van der Waals surface area contributed by atoms with Gasteiger partial charge in [-0.2, -0.15) is 0 Å². The Balaban J connectivity index is 4.00. The summed E-state index contributed by atoms with van der Waals surface area (Å²) in [6.45, 7) is 14.4. The van der Waals surface area contributed by atoms with Gasteiger partial charge in [0.1, 0.15) is 5.78 Å². The highest BCUT2D eigenvalue weighted by Crippen LogP contribution is 2.07. The molecule has 0 saturated carbocycles. The zero-order valence-electron chi connectivity index (χ0n) is 26.4. The topological polar surface area (TPSA) is 129 Å². The molecule has 0 aliphatic heterocycles. The molecule has 0 aliphatic carbocycles. The van der Waals surface area contributed by atoms with Gasteiger partial charge in [0, 0.05) is 58.5 Å². The molecule has 10 nitrogen and oxygen atoms in total. The predicted molar refractivity (Wildman–Crippen MR) is 160 cm³/mol. The van der Waals surface area contributed by atoms with E-state index in [1.807, 2.05) is 27.7 Å². The van der Waals surface area contributed by atoms with Crippen LogP contribution in [0.25, 0.3) is 0 Å². The smallest absolute Gasteiger partial charge is 0.220 e. The molecular formula is C31H58N2O8. The van der Waals surface area contributed by atoms with Crippen molar-refractivity contribution in [3.8, 4) is 0 Å². The predicted octanol–water partition coefficient (Wildman–Crippen LogP) is 4.02. The highest BCUT2D eigenvalue weighted by molar-refractivity contribution is 5.89. The summed E-state index contributed by atoms with van der Waals surface area (Å²) in [5.74, 6) is 0.502. The van der Waals surface area contributed by atoms with Crippen LogP contribution in [0, 0.1) is 11.8 Å². The molecule has 0 heterocycles. The summed E-state index contributed by atoms with van der Waals surface area (Å²) in [7, 11) is 0. The SMILES string of the molecule is CCCOCCOCCCC(=O)CCOCCOCCCC(=O)C(CCCNC(=O)CC(C)C)NC(=O)CC(C)C. The van der Waals surface area contributed by atoms with Crippen molar-refractivity contribution in [1.29, 1.82) is 0 Å². The summed E-state index contributed by atoms with van der Waals surface area (Å²) < 4.78 is 21.8. The average Bonchev–Trinajstić information content (AvgIpc) is 2.89. The number of ketones is 2. The number of ether oxygens (including phenoxy) is 4. The van der Waals surface area contributed by atoms with Crippen molar-refractivity contribution in [1.82, 2.24) is 10.6 Å². The molecule has 0 bridgehead atoms. The molecule has 0 aromatic carbocycles. The van der Waals surface area contributed by atoms with Gasteiger partial charge >= 0.3 is 0 Å². The lowest BCUT2D eigenvalue weighted by atomic mass is 10.0. The van der Waals surface area contributed by atoms with E-state index in [2.05, 4.69) is 17.6 Å². The Hall–Kier alpha value is -1.88. The van der Waals surface area contributed by atoms with Crippen molar-refractivity contribution >= 4 is 23.4 Å². The summed E-state index contributed by atoms with van der Waals surface area (Å²) in [5.41, 5.74) is 0. The number of carbonyl (C=O) groups excluding carboxylic acids is 4. The van der Waals surface area contributed by atoms with Crippen molar-refractivity contribution in [3.05, 3.63) is 0 Å². The number of amides is 2. The van der Waals surface area contributed by atoms with E-state index in [4.69, 9.17) is 18.9 Å². The molecule has 0 saturated heterocycles. The van der Waals surface area contributed by atoms with Gasteiger partial charge in [-0.15, -0.1) is 0 Å². The lowest BCUT2D eigenvalue weighted by molar-refractivity contribution is -0.128. The fourth-order valence-electron chi connectivity index (χ4n) is 3.91. The van der Waals surface area contributed by atoms with Crippen molar-refractivity contribution in [3.63, 3.8) is 0 Å². The van der Waals surface area contributed by atoms with Crippen LogP contribution in [0.4, 0.5) is 0 Å². The number of Topliss-reactive ketones (excluding diaryl/α,β-unsaturated/α-hetero) is 2. The molecule has 0 aliphatic rings. The molecule has 0 aromatic heterocycles. The quantitative estimate of drug-likeness (QED) is 0.126. The van der Waals surface area contributed by atoms with E-state index >= 15 is 0 Å². The summed E-state index contributed by atoms with van der Waals surface area (Å²) in [5, 5.41) is 5.76. The van der Waals surface area contributed by atoms with E-state index in [0.717, 1.165) is 13.0 Å². The van der Waals surface area contributed by atoms with Gasteiger partial charge in [-0.1, -0.05) is 34.6 Å². The fraction of sp³-hybridized carbons (Fsp3) is 0.871. The fourth-order valence-corrected chi connectivity index (χ4v) is 3.91. The van der Waals surface area contributed by atoms with Gasteiger partial charge in [-0.3, -0.25) is 19.2 Å². The van der Waals surface area contributed by atoms with Gasteiger partial charge in [0.15, 0.2) is 5.78 Å². The first-order valence-corrected chi connectivity index (χ1v) is 15.6. The molecule has 0 spiro atoms. The van der Waals surface area contributed by atoms with Crippen LogP contribution in [-0.4, -0.2) is 88.8 Å². The summed E-state index contributed by atoms with van der Waals surface area (Å²) in [4.78, 5) is 48.9. The number of rotatable bonds is 29. The van der Waals surface area contributed by atoms with Gasteiger partial charge in [-0.25, -0.2) is 0 Å². The van der Waals surface area contributed by atoms with E-state index in [-0.39, 0.29) is 29.3 Å². The number of hydrogen-bond donors (Lipinski definition) is 2. The molecule has 0 radical (unpaired) electrons. The molecule has 41 heavy (non-hydrogen) atoms. The Bertz CT molecular complexity index is 700. The van der Waals surface area contributed by atoms with Gasteiger partial charge in [-0.05, 0) is 43.9 Å². The van der Waals surface area contributed by atoms with Gasteiger partial charge < -0.3 is 29.6 Å². The monoisotopic (exact) mass is 586 g/mol. The van der Waals surface area contributed by atoms with E-state index in [1.165, 1.54) is 0 Å². The minimum absolute atomic E-state index is 0.00426. The minimum Gasteiger partial charge on any atom is -0.379 e. The largest absolute Gasteiger partial charge is 0.379 e. The highest BCUT2D eigenvalue weighted by atomic mass is 16.5. The second-order valence-electron chi connectivity index (χ2n) is 11.2. The zero-order chi connectivity index (χ0) is 30.7. The molecule has 0 rings (SSSR count). The Morgan fingerprint density at radius 2 is 1.15 bits per heavy atom. The Morgan fingerprint density at radius 3 is 1.73 bits per heavy atom. The Morgan fingerprint density at radius 1 is 0.610 bits per heavy atom. The molecule has 0 fully saturated rings. The third-order valence-electron chi connectivity index (χ3n) is 5.98. The molecule has 0 aromatic rings. The van der Waals surface area contributed by atoms with Gasteiger partial charge in [0.05, 0.1) is 39.1 Å². The highest BCUT2D eigenvalue weighted by Gasteiger charge is 2.20. The summed E-state index contributed by atoms with van der Waals surface area (Å²) in [6, 6.07) is -0.560. The van der Waals surface area contributed by atoms with Gasteiger partial charge in [0.2, 0.25) is 11.8 Å². The van der Waals surface area contributed by atoms with E-state index in [1.54, 1.807) is 0 Å². The summed E-state index contributed by atoms with van der Waals surface area (Å²) in [6.07, 6.45) is 5.34. The first kappa shape index (κ1) is 39.1. The van der Waals surface area contributed by atoms with Crippen molar-refractivity contribution in [2.24, 2.45) is 11.8 Å². The first-order chi connectivity index (χ1) is 19.6. The zero-order valence-corrected chi connectivity index (χ0v) is 26.4. The number of hydrogen-bond acceptors (Lipinski definition) is 8. The lowest BCUT2D eigenvalue weighted by Gasteiger charge is -2.19. The second-order valence-corrected chi connectivity index (χ2v) is 11.2. The third kappa shape index (κ3) is 26.7. The van der Waals surface area contributed by atoms with E-state index < -0.39 is 6.04 Å². The van der Waals surface area contributed by atoms with Crippen LogP contribution >= 0.6 is 0 Å². The van der Waals surface area contributed by atoms with E-state index in [9.17, 15) is 19.2 Å². The summed E-state index contributed by atoms with van der Waals surface area (Å²) >= 11 is 0. The van der Waals surface area contributed by atoms with E-state index in [0.29, 0.717) is 116 Å². The normalized spacial score (nSPS) is 12.1. The van der Waals surface area contributed by atoms with Crippen LogP contribution < -0.4 is 10.6 Å². The maximum atomic E-state index is 12.8. The molecule has 10 heteroatoms. The average molecular weight is 587 g/mol. The van der Waals surface area contributed by atoms with Crippen LogP contribution in [-0.2, 0) is 38.1 Å². The van der Waals surface area contributed by atoms with Crippen molar-refractivity contribution < 1.29 is 38.1 Å². The Labute approximate surface area is 248 Å². The molecule has 240 valence electrons. The van der Waals surface area contributed by atoms with Crippen LogP contribution in [0.5, 0.6) is 0 Å². The lowest BCUT2D eigenvalue weighted by Crippen LogP contribution is -2.41. The third-order valence-corrected chi connectivity index (χ3v) is 5.98. The first-order valence-electron chi connectivity index (χ1n) is 15.6. The molecule has 2 N–H and O–H groups in total. The molecule has 2 amide bonds. The van der Waals surface area contributed by atoms with Crippen LogP contribution in [0.1, 0.15) is 98.8 Å². The Kier molecular flexibility index (Phi) is 25.7. The maximum absolute atomic E-state index is 12.8. The maximum Gasteiger partial charge on any atom is 0.220 e. The number of carbonyl (C=O) groups is 4. The van der Waals surface area contributed by atoms with Crippen molar-refractivity contribution in [2.45, 2.75) is 105 Å². The minimum atomic E-state index is -0.560. The molecule has 1 unspecified atom stereocenters. The molecule has 1 atom stereocenters.